The third-order valence-corrected chi connectivity index (χ3v) is 11.6. The van der Waals surface area contributed by atoms with Crippen molar-refractivity contribution in [1.29, 1.82) is 0 Å². The van der Waals surface area contributed by atoms with Crippen LogP contribution in [0.25, 0.3) is 0 Å². The Bertz CT molecular complexity index is 788. The van der Waals surface area contributed by atoms with E-state index in [-0.39, 0.29) is 24.0 Å². The zero-order valence-corrected chi connectivity index (χ0v) is 35.2. The largest absolute Gasteiger partial charge is 0.466 e. The van der Waals surface area contributed by atoms with E-state index in [0.29, 0.717) is 32.0 Å². The quantitative estimate of drug-likeness (QED) is 0.0498. The van der Waals surface area contributed by atoms with Gasteiger partial charge in [0.25, 0.3) is 0 Å². The van der Waals surface area contributed by atoms with Gasteiger partial charge in [0.15, 0.2) is 0 Å². The molecule has 0 bridgehead atoms. The monoisotopic (exact) mass is 736 g/mol. The van der Waals surface area contributed by atoms with E-state index in [4.69, 9.17) is 9.47 Å². The Kier molecular flexibility index (Phi) is 33.4. The zero-order chi connectivity index (χ0) is 37.8. The summed E-state index contributed by atoms with van der Waals surface area (Å²) in [7, 11) is 0. The van der Waals surface area contributed by atoms with Gasteiger partial charge in [-0.3, -0.25) is 9.59 Å². The summed E-state index contributed by atoms with van der Waals surface area (Å²) in [6.07, 6.45) is 38.8. The van der Waals surface area contributed by atoms with Crippen molar-refractivity contribution >= 4 is 11.9 Å². The Morgan fingerprint density at radius 3 is 1.60 bits per heavy atom. The molecule has 1 fully saturated rings. The molecule has 1 N–H and O–H groups in total. The number of ether oxygens (including phenoxy) is 2. The van der Waals surface area contributed by atoms with E-state index in [0.717, 1.165) is 64.6 Å². The van der Waals surface area contributed by atoms with Crippen LogP contribution < -0.4 is 0 Å². The van der Waals surface area contributed by atoms with Crippen LogP contribution in [0.4, 0.5) is 0 Å². The third kappa shape index (κ3) is 30.2. The maximum Gasteiger partial charge on any atom is 0.306 e. The van der Waals surface area contributed by atoms with E-state index in [2.05, 4.69) is 25.7 Å². The number of hydrogen-bond acceptors (Lipinski definition) is 6. The minimum absolute atomic E-state index is 0.0196. The van der Waals surface area contributed by atoms with Crippen molar-refractivity contribution in [2.75, 3.05) is 39.5 Å². The summed E-state index contributed by atoms with van der Waals surface area (Å²) < 4.78 is 11.3. The van der Waals surface area contributed by atoms with Gasteiger partial charge in [0, 0.05) is 13.0 Å². The lowest BCUT2D eigenvalue weighted by atomic mass is 9.92. The molecule has 0 radical (unpaired) electrons. The molecule has 0 aliphatic heterocycles. The molecule has 0 unspecified atom stereocenters. The Morgan fingerprint density at radius 2 is 1.02 bits per heavy atom. The highest BCUT2D eigenvalue weighted by Crippen LogP contribution is 2.53. The van der Waals surface area contributed by atoms with E-state index in [1.54, 1.807) is 0 Å². The Balaban J connectivity index is 2.18. The van der Waals surface area contributed by atoms with Gasteiger partial charge in [-0.25, -0.2) is 0 Å². The van der Waals surface area contributed by atoms with E-state index < -0.39 is 0 Å². The molecule has 0 saturated heterocycles. The highest BCUT2D eigenvalue weighted by Gasteiger charge is 2.43. The topological polar surface area (TPSA) is 76.1 Å². The number of esters is 2. The average Bonchev–Trinajstić information content (AvgIpc) is 3.90. The minimum atomic E-state index is -0.0196. The number of hydrogen-bond donors (Lipinski definition) is 1. The molecule has 1 saturated carbocycles. The van der Waals surface area contributed by atoms with Crippen LogP contribution in [-0.2, 0) is 19.1 Å². The fourth-order valence-electron chi connectivity index (χ4n) is 7.79. The van der Waals surface area contributed by atoms with Crippen molar-refractivity contribution in [2.24, 2.45) is 11.3 Å². The second-order valence-corrected chi connectivity index (χ2v) is 16.7. The van der Waals surface area contributed by atoms with Crippen molar-refractivity contribution < 1.29 is 24.2 Å². The van der Waals surface area contributed by atoms with E-state index in [1.165, 1.54) is 154 Å². The van der Waals surface area contributed by atoms with Crippen LogP contribution in [-0.4, -0.2) is 61.4 Å². The lowest BCUT2D eigenvalue weighted by Crippen LogP contribution is -2.27. The fraction of sp³-hybridized carbons (Fsp3) is 0.957. The Hall–Kier alpha value is -1.14. The van der Waals surface area contributed by atoms with Crippen molar-refractivity contribution in [3.63, 3.8) is 0 Å². The average molecular weight is 736 g/mol. The smallest absolute Gasteiger partial charge is 0.306 e. The maximum atomic E-state index is 12.8. The highest BCUT2D eigenvalue weighted by molar-refractivity contribution is 5.70. The summed E-state index contributed by atoms with van der Waals surface area (Å²) in [6.45, 7) is 11.6. The SMILES string of the molecule is CCCCCCCCCOC(=O)CCCCCCCN(CCCCO)CCCCCC1(CC(=O)OCCC(CCCCCC)CCCCCC)CC1. The van der Waals surface area contributed by atoms with Crippen LogP contribution in [0.3, 0.4) is 0 Å². The van der Waals surface area contributed by atoms with Crippen molar-refractivity contribution in [1.82, 2.24) is 4.90 Å². The van der Waals surface area contributed by atoms with Gasteiger partial charge >= 0.3 is 11.9 Å². The summed E-state index contributed by atoms with van der Waals surface area (Å²) in [5, 5.41) is 9.30. The molecule has 1 aliphatic carbocycles. The first-order chi connectivity index (χ1) is 25.5. The molecule has 0 spiro atoms. The molecule has 0 heterocycles. The van der Waals surface area contributed by atoms with Crippen LogP contribution in [0.2, 0.25) is 0 Å². The molecule has 0 aromatic rings. The van der Waals surface area contributed by atoms with Gasteiger partial charge in [-0.2, -0.15) is 0 Å². The van der Waals surface area contributed by atoms with Crippen molar-refractivity contribution in [3.8, 4) is 0 Å². The molecule has 308 valence electrons. The van der Waals surface area contributed by atoms with Crippen LogP contribution >= 0.6 is 0 Å². The lowest BCUT2D eigenvalue weighted by Gasteiger charge is -2.22. The van der Waals surface area contributed by atoms with Gasteiger partial charge in [-0.1, -0.05) is 156 Å². The number of aliphatic hydroxyl groups is 1. The molecular formula is C46H89NO5. The van der Waals surface area contributed by atoms with E-state index in [1.807, 2.05) is 0 Å². The van der Waals surface area contributed by atoms with E-state index in [9.17, 15) is 14.7 Å². The van der Waals surface area contributed by atoms with Crippen LogP contribution in [0, 0.1) is 11.3 Å². The van der Waals surface area contributed by atoms with Gasteiger partial charge in [0.1, 0.15) is 0 Å². The normalized spacial score (nSPS) is 13.7. The molecule has 0 amide bonds. The molecule has 6 heteroatoms. The van der Waals surface area contributed by atoms with Crippen molar-refractivity contribution in [3.05, 3.63) is 0 Å². The third-order valence-electron chi connectivity index (χ3n) is 11.6. The summed E-state index contributed by atoms with van der Waals surface area (Å²) in [4.78, 5) is 27.5. The fourth-order valence-corrected chi connectivity index (χ4v) is 7.79. The van der Waals surface area contributed by atoms with Crippen LogP contribution in [0.15, 0.2) is 0 Å². The Labute approximate surface area is 323 Å². The maximum absolute atomic E-state index is 12.8. The molecule has 0 aromatic heterocycles. The number of rotatable bonds is 41. The number of unbranched alkanes of at least 4 members (excludes halogenated alkanes) is 19. The first-order valence-corrected chi connectivity index (χ1v) is 23.1. The standard InChI is InChI=1S/C46H89NO5/c1-4-7-10-13-14-18-28-40-51-44(49)31-22-16-15-17-24-36-47(38-26-27-39-48)37-25-19-23-33-46(34-35-46)42-45(50)52-41-32-43(29-20-11-8-5-2)30-21-12-9-6-3/h43,48H,4-42H2,1-3H3. The summed E-state index contributed by atoms with van der Waals surface area (Å²) in [5.74, 6) is 0.738. The van der Waals surface area contributed by atoms with Gasteiger partial charge in [-0.05, 0) is 95.2 Å². The summed E-state index contributed by atoms with van der Waals surface area (Å²) in [6, 6.07) is 0. The lowest BCUT2D eigenvalue weighted by molar-refractivity contribution is -0.146. The summed E-state index contributed by atoms with van der Waals surface area (Å²) in [5.41, 5.74) is 0.224. The summed E-state index contributed by atoms with van der Waals surface area (Å²) >= 11 is 0. The molecule has 6 nitrogen and oxygen atoms in total. The molecule has 1 aliphatic rings. The number of aliphatic hydroxyl groups excluding tert-OH is 1. The number of carbonyl (C=O) groups excluding carboxylic acids is 2. The molecular weight excluding hydrogens is 647 g/mol. The van der Waals surface area contributed by atoms with Gasteiger partial charge in [0.2, 0.25) is 0 Å². The second-order valence-electron chi connectivity index (χ2n) is 16.7. The first kappa shape index (κ1) is 48.9. The van der Waals surface area contributed by atoms with Gasteiger partial charge < -0.3 is 19.5 Å². The molecule has 0 atom stereocenters. The minimum Gasteiger partial charge on any atom is -0.466 e. The van der Waals surface area contributed by atoms with Crippen LogP contribution in [0.1, 0.15) is 233 Å². The number of nitrogens with zero attached hydrogens (tertiary/aromatic N) is 1. The molecule has 1 rings (SSSR count). The van der Waals surface area contributed by atoms with Crippen molar-refractivity contribution in [2.45, 2.75) is 233 Å². The highest BCUT2D eigenvalue weighted by atomic mass is 16.5. The van der Waals surface area contributed by atoms with E-state index >= 15 is 0 Å². The predicted octanol–water partition coefficient (Wildman–Crippen LogP) is 12.9. The van der Waals surface area contributed by atoms with Crippen LogP contribution in [0.5, 0.6) is 0 Å². The van der Waals surface area contributed by atoms with Gasteiger partial charge in [-0.15, -0.1) is 0 Å². The zero-order valence-electron chi connectivity index (χ0n) is 35.2. The molecule has 0 aromatic carbocycles. The Morgan fingerprint density at radius 1 is 0.538 bits per heavy atom. The number of carbonyl (C=O) groups is 2. The van der Waals surface area contributed by atoms with Gasteiger partial charge in [0.05, 0.1) is 19.6 Å². The molecule has 52 heavy (non-hydrogen) atoms. The first-order valence-electron chi connectivity index (χ1n) is 23.1. The predicted molar refractivity (Wildman–Crippen MR) is 221 cm³/mol. The second kappa shape index (κ2) is 35.6.